The number of hydrogen-bond donors (Lipinski definition) is 2. The van der Waals surface area contributed by atoms with E-state index >= 15 is 0 Å². The number of allylic oxidation sites excluding steroid dienone is 4. The summed E-state index contributed by atoms with van der Waals surface area (Å²) in [5.74, 6) is 1.06. The lowest BCUT2D eigenvalue weighted by Gasteiger charge is -2.19. The van der Waals surface area contributed by atoms with Crippen LogP contribution in [0.1, 0.15) is 39.5 Å². The van der Waals surface area contributed by atoms with E-state index in [2.05, 4.69) is 48.5 Å². The molecule has 3 N–H and O–H groups in total. The van der Waals surface area contributed by atoms with Gasteiger partial charge in [0.1, 0.15) is 5.84 Å². The first-order chi connectivity index (χ1) is 11.2. The van der Waals surface area contributed by atoms with Crippen LogP contribution in [-0.4, -0.2) is 25.1 Å². The van der Waals surface area contributed by atoms with E-state index in [1.54, 1.807) is 0 Å². The van der Waals surface area contributed by atoms with Crippen molar-refractivity contribution < 1.29 is 0 Å². The second-order valence-electron chi connectivity index (χ2n) is 5.82. The van der Waals surface area contributed by atoms with Crippen molar-refractivity contribution in [2.75, 3.05) is 7.05 Å². The molecule has 0 aromatic rings. The van der Waals surface area contributed by atoms with Gasteiger partial charge < -0.3 is 11.1 Å². The van der Waals surface area contributed by atoms with Gasteiger partial charge in [0, 0.05) is 36.7 Å². The van der Waals surface area contributed by atoms with Crippen molar-refractivity contribution in [1.82, 2.24) is 5.32 Å². The highest BCUT2D eigenvalue weighted by Gasteiger charge is 2.16. The van der Waals surface area contributed by atoms with E-state index in [-0.39, 0.29) is 6.04 Å². The predicted octanol–water partition coefficient (Wildman–Crippen LogP) is 3.50. The predicted molar refractivity (Wildman–Crippen MR) is 99.7 cm³/mol. The zero-order valence-corrected chi connectivity index (χ0v) is 14.4. The molecule has 2 aliphatic rings. The number of amidine groups is 1. The minimum atomic E-state index is 0.131. The summed E-state index contributed by atoms with van der Waals surface area (Å²) in [7, 11) is 1.94. The van der Waals surface area contributed by atoms with Crippen molar-refractivity contribution in [3.05, 3.63) is 47.3 Å². The fourth-order valence-corrected chi connectivity index (χ4v) is 3.05. The maximum Gasteiger partial charge on any atom is 0.123 e. The molecule has 2 rings (SSSR count). The summed E-state index contributed by atoms with van der Waals surface area (Å²) < 4.78 is 0. The van der Waals surface area contributed by atoms with Crippen LogP contribution in [0.25, 0.3) is 0 Å². The first-order valence-electron chi connectivity index (χ1n) is 8.49. The third-order valence-corrected chi connectivity index (χ3v) is 4.37. The molecule has 0 saturated heterocycles. The van der Waals surface area contributed by atoms with Crippen molar-refractivity contribution >= 4 is 12.1 Å². The van der Waals surface area contributed by atoms with Gasteiger partial charge >= 0.3 is 0 Å². The summed E-state index contributed by atoms with van der Waals surface area (Å²) in [5.41, 5.74) is 9.89. The van der Waals surface area contributed by atoms with E-state index in [1.807, 2.05) is 19.5 Å². The van der Waals surface area contributed by atoms with E-state index in [1.165, 1.54) is 11.3 Å². The van der Waals surface area contributed by atoms with Gasteiger partial charge in [-0.2, -0.15) is 0 Å². The average Bonchev–Trinajstić information content (AvgIpc) is 2.60. The zero-order valence-electron chi connectivity index (χ0n) is 14.4. The highest BCUT2D eigenvalue weighted by Crippen LogP contribution is 2.24. The Morgan fingerprint density at radius 1 is 1.35 bits per heavy atom. The normalized spacial score (nSPS) is 25.2. The summed E-state index contributed by atoms with van der Waals surface area (Å²) in [6.07, 6.45) is 16.4. The second kappa shape index (κ2) is 8.51. The molecule has 0 aromatic heterocycles. The van der Waals surface area contributed by atoms with Gasteiger partial charge in [0.25, 0.3) is 0 Å². The Kier molecular flexibility index (Phi) is 6.39. The minimum Gasteiger partial charge on any atom is -0.391 e. The smallest absolute Gasteiger partial charge is 0.123 e. The van der Waals surface area contributed by atoms with E-state index in [0.29, 0.717) is 11.8 Å². The molecule has 1 aliphatic carbocycles. The number of aliphatic imine (C=N–C) groups is 2. The van der Waals surface area contributed by atoms with Crippen LogP contribution in [0, 0.1) is 5.92 Å². The molecular weight excluding hydrogens is 284 g/mol. The molecule has 0 bridgehead atoms. The Balaban J connectivity index is 2.06. The fourth-order valence-electron chi connectivity index (χ4n) is 3.05. The molecule has 0 saturated carbocycles. The molecule has 1 aliphatic heterocycles. The number of hydrogen-bond acceptors (Lipinski definition) is 3. The lowest BCUT2D eigenvalue weighted by atomic mass is 9.90. The summed E-state index contributed by atoms with van der Waals surface area (Å²) in [6.45, 7) is 4.25. The topological polar surface area (TPSA) is 62.8 Å². The third kappa shape index (κ3) is 4.44. The van der Waals surface area contributed by atoms with Crippen LogP contribution < -0.4 is 11.1 Å². The van der Waals surface area contributed by atoms with E-state index < -0.39 is 0 Å². The number of nitrogens with zero attached hydrogens (tertiary/aromatic N) is 2. The Hall–Kier alpha value is -2.10. The van der Waals surface area contributed by atoms with Crippen LogP contribution in [0.5, 0.6) is 0 Å². The highest BCUT2D eigenvalue weighted by atomic mass is 14.9. The highest BCUT2D eigenvalue weighted by molar-refractivity contribution is 5.97. The Morgan fingerprint density at radius 3 is 2.70 bits per heavy atom. The Labute approximate surface area is 139 Å². The summed E-state index contributed by atoms with van der Waals surface area (Å²) >= 11 is 0. The molecular formula is C19H28N4. The van der Waals surface area contributed by atoms with Crippen molar-refractivity contribution in [2.45, 2.75) is 45.6 Å². The maximum absolute atomic E-state index is 6.26. The molecule has 4 heteroatoms. The summed E-state index contributed by atoms with van der Waals surface area (Å²) in [5, 5.41) is 3.24. The lowest BCUT2D eigenvalue weighted by Crippen LogP contribution is -2.23. The zero-order chi connectivity index (χ0) is 16.7. The number of rotatable bonds is 6. The minimum absolute atomic E-state index is 0.131. The standard InChI is InChI=1S/C19H28N4/c1-4-17(18(5-2)21-3)19(20)23-16-10-8-14(9-11-16)15-7-6-12-22-13-15/h6,8-10,12-13,15-16,21H,4-5,7,11H2,1-3H3,(H2,20,23)/b18-17-. The first-order valence-corrected chi connectivity index (χ1v) is 8.49. The van der Waals surface area contributed by atoms with Crippen molar-refractivity contribution in [1.29, 1.82) is 0 Å². The summed E-state index contributed by atoms with van der Waals surface area (Å²) in [6, 6.07) is 0.131. The molecule has 0 amide bonds. The van der Waals surface area contributed by atoms with Gasteiger partial charge in [0.05, 0.1) is 6.04 Å². The van der Waals surface area contributed by atoms with Crippen LogP contribution >= 0.6 is 0 Å². The third-order valence-electron chi connectivity index (χ3n) is 4.37. The van der Waals surface area contributed by atoms with Gasteiger partial charge in [0.15, 0.2) is 0 Å². The monoisotopic (exact) mass is 312 g/mol. The fraction of sp³-hybridized carbons (Fsp3) is 0.474. The van der Waals surface area contributed by atoms with Crippen molar-refractivity contribution in [2.24, 2.45) is 21.6 Å². The molecule has 1 heterocycles. The molecule has 0 fully saturated rings. The lowest BCUT2D eigenvalue weighted by molar-refractivity contribution is 0.773. The molecule has 2 atom stereocenters. The molecule has 0 radical (unpaired) electrons. The Bertz CT molecular complexity index is 584. The summed E-state index contributed by atoms with van der Waals surface area (Å²) in [4.78, 5) is 8.95. The quantitative estimate of drug-likeness (QED) is 0.582. The van der Waals surface area contributed by atoms with Gasteiger partial charge in [-0.05, 0) is 31.3 Å². The second-order valence-corrected chi connectivity index (χ2v) is 5.82. The molecule has 4 nitrogen and oxygen atoms in total. The van der Waals surface area contributed by atoms with Gasteiger partial charge in [0.2, 0.25) is 0 Å². The van der Waals surface area contributed by atoms with Crippen LogP contribution in [0.4, 0.5) is 0 Å². The van der Waals surface area contributed by atoms with Gasteiger partial charge in [-0.1, -0.05) is 38.2 Å². The molecule has 2 unspecified atom stereocenters. The molecule has 0 spiro atoms. The largest absolute Gasteiger partial charge is 0.391 e. The molecule has 124 valence electrons. The van der Waals surface area contributed by atoms with Gasteiger partial charge in [-0.15, -0.1) is 0 Å². The number of nitrogens with two attached hydrogens (primary N) is 1. The van der Waals surface area contributed by atoms with Crippen LogP contribution in [0.2, 0.25) is 0 Å². The van der Waals surface area contributed by atoms with Crippen LogP contribution in [0.15, 0.2) is 57.3 Å². The van der Waals surface area contributed by atoms with E-state index in [4.69, 9.17) is 10.7 Å². The number of nitrogens with one attached hydrogen (secondary N) is 1. The van der Waals surface area contributed by atoms with E-state index in [0.717, 1.165) is 31.3 Å². The average molecular weight is 312 g/mol. The van der Waals surface area contributed by atoms with Gasteiger partial charge in [-0.25, -0.2) is 0 Å². The van der Waals surface area contributed by atoms with Crippen LogP contribution in [0.3, 0.4) is 0 Å². The first kappa shape index (κ1) is 17.3. The maximum atomic E-state index is 6.26. The Morgan fingerprint density at radius 2 is 2.17 bits per heavy atom. The van der Waals surface area contributed by atoms with Crippen LogP contribution in [-0.2, 0) is 0 Å². The van der Waals surface area contributed by atoms with Gasteiger partial charge in [-0.3, -0.25) is 9.98 Å². The van der Waals surface area contributed by atoms with Crippen molar-refractivity contribution in [3.8, 4) is 0 Å². The molecule has 0 aromatic carbocycles. The molecule has 23 heavy (non-hydrogen) atoms. The SMILES string of the molecule is CC/C(NC)=C(\CC)C(N)=NC1C=CC(C2C=NC=CC2)=CC1. The van der Waals surface area contributed by atoms with Crippen molar-refractivity contribution in [3.63, 3.8) is 0 Å². The van der Waals surface area contributed by atoms with E-state index in [9.17, 15) is 0 Å².